The Morgan fingerprint density at radius 3 is 0.796 bits per heavy atom. The summed E-state index contributed by atoms with van der Waals surface area (Å²) < 4.78 is 314. The Bertz CT molecular complexity index is 5250. The van der Waals surface area contributed by atoms with Gasteiger partial charge in [-0.05, 0) is 188 Å². The number of anilines is 6. The molecule has 13 rings (SSSR count). The van der Waals surface area contributed by atoms with Crippen LogP contribution in [0.3, 0.4) is 0 Å². The van der Waals surface area contributed by atoms with Gasteiger partial charge in [0.15, 0.2) is 82.7 Å². The van der Waals surface area contributed by atoms with Crippen LogP contribution >= 0.6 is 0 Å². The van der Waals surface area contributed by atoms with E-state index in [-0.39, 0.29) is 27.0 Å². The van der Waals surface area contributed by atoms with Gasteiger partial charge in [-0.25, -0.2) is 87.8 Å². The molecule has 0 radical (unpaired) electrons. The monoisotopic (exact) mass is 1680 g/mol. The van der Waals surface area contributed by atoms with Crippen molar-refractivity contribution in [2.75, 3.05) is 24.0 Å². The van der Waals surface area contributed by atoms with Crippen LogP contribution in [0.25, 0.3) is 0 Å². The summed E-state index contributed by atoms with van der Waals surface area (Å²) in [5.41, 5.74) is -4.22. The van der Waals surface area contributed by atoms with E-state index >= 15 is 35.1 Å². The van der Waals surface area contributed by atoms with E-state index in [9.17, 15) is 57.5 Å². The zero-order chi connectivity index (χ0) is 81.6. The minimum atomic E-state index is -7.22. The van der Waals surface area contributed by atoms with Gasteiger partial charge in [0.1, 0.15) is 75.7 Å². The Labute approximate surface area is 642 Å². The molecule has 0 saturated carbocycles. The third kappa shape index (κ3) is 16.4. The highest BCUT2D eigenvalue weighted by Crippen LogP contribution is 2.41. The highest BCUT2D eigenvalue weighted by atomic mass is 127. The van der Waals surface area contributed by atoms with Crippen LogP contribution in [0.2, 0.25) is 0 Å². The molecule has 0 aromatic heterocycles. The van der Waals surface area contributed by atoms with Gasteiger partial charge in [-0.3, -0.25) is 4.79 Å². The van der Waals surface area contributed by atoms with E-state index in [1.807, 2.05) is 84.9 Å². The van der Waals surface area contributed by atoms with Gasteiger partial charge in [0, 0.05) is 45.3 Å². The molecule has 0 amide bonds. The average Bonchev–Trinajstić information content (AvgIpc) is 0.680. The first-order chi connectivity index (χ1) is 53.9. The number of carbonyl (C=O) groups excluding carboxylic acids is 1. The van der Waals surface area contributed by atoms with E-state index in [4.69, 9.17) is 14.2 Å². The van der Waals surface area contributed by atoms with E-state index in [2.05, 4.69) is 140 Å². The number of ether oxygens (including phenoxy) is 3. The van der Waals surface area contributed by atoms with Crippen LogP contribution in [0, 0.1) is 130 Å². The molecule has 13 aromatic rings. The quantitative estimate of drug-likeness (QED) is 0.0201. The fourth-order valence-corrected chi connectivity index (χ4v) is 14.6. The second kappa shape index (κ2) is 34.7. The molecule has 0 aliphatic heterocycles. The molecule has 6 nitrogen and oxygen atoms in total. The smallest absolute Gasteiger partial charge is 0.357 e. The maximum Gasteiger partial charge on any atom is 0.357 e. The van der Waals surface area contributed by atoms with E-state index in [1.165, 1.54) is 18.3 Å². The minimum Gasteiger partial charge on any atom is -0.497 e. The zero-order valence-electron chi connectivity index (χ0n) is 59.1. The predicted octanol–water partition coefficient (Wildman–Crippen LogP) is 18.8. The summed E-state index contributed by atoms with van der Waals surface area (Å²) >= 11 is -0.0167. The number of rotatable bonds is 19. The molecule has 13 aromatic carbocycles. The van der Waals surface area contributed by atoms with Crippen LogP contribution in [0.1, 0.15) is 46.8 Å². The van der Waals surface area contributed by atoms with Crippen molar-refractivity contribution in [1.82, 2.24) is 0 Å². The van der Waals surface area contributed by atoms with Crippen LogP contribution < -0.4 is 67.1 Å². The third-order valence-electron chi connectivity index (χ3n) is 18.0. The minimum absolute atomic E-state index is 0.0167. The molecule has 0 aliphatic rings. The van der Waals surface area contributed by atoms with Gasteiger partial charge < -0.3 is 24.0 Å². The molecule has 0 N–H and O–H groups in total. The molecular formula is C85H54BF20IN2O4. The average molecular weight is 1690 g/mol. The second-order valence-corrected chi connectivity index (χ2v) is 28.2. The lowest BCUT2D eigenvalue weighted by molar-refractivity contribution is -0.597. The van der Waals surface area contributed by atoms with Crippen molar-refractivity contribution in [2.45, 2.75) is 26.7 Å². The van der Waals surface area contributed by atoms with Gasteiger partial charge in [-0.15, -0.1) is 21.9 Å². The van der Waals surface area contributed by atoms with Crippen LogP contribution in [0.5, 0.6) is 23.0 Å². The van der Waals surface area contributed by atoms with Crippen LogP contribution in [0.15, 0.2) is 231 Å². The van der Waals surface area contributed by atoms with Gasteiger partial charge in [-0.2, -0.15) is 0 Å². The maximum atomic E-state index is 15.4. The summed E-state index contributed by atoms with van der Waals surface area (Å²) in [6, 6.07) is 77.6. The van der Waals surface area contributed by atoms with Gasteiger partial charge in [0.25, 0.3) is 0 Å². The van der Waals surface area contributed by atoms with Gasteiger partial charge in [-0.1, -0.05) is 80.1 Å². The van der Waals surface area contributed by atoms with Gasteiger partial charge in [0.05, 0.1) is 14.2 Å². The number of para-hydroxylation sites is 2. The number of methoxy groups -OCH3 is 2. The first kappa shape index (κ1) is 81.9. The van der Waals surface area contributed by atoms with Crippen LogP contribution in [-0.4, -0.2) is 26.1 Å². The summed E-state index contributed by atoms with van der Waals surface area (Å²) in [5, 5.41) is 0. The topological polar surface area (TPSA) is 51.2 Å². The fraction of sp³-hybridized carbons (Fsp3) is 0.0706. The van der Waals surface area contributed by atoms with Crippen molar-refractivity contribution in [3.05, 3.63) is 376 Å². The van der Waals surface area contributed by atoms with Crippen molar-refractivity contribution in [3.63, 3.8) is 0 Å². The molecule has 0 heterocycles. The van der Waals surface area contributed by atoms with Crippen LogP contribution in [0.4, 0.5) is 122 Å². The molecule has 0 saturated heterocycles. The normalized spacial score (nSPS) is 11.2. The summed E-state index contributed by atoms with van der Waals surface area (Å²) in [6.07, 6.45) is -7.22. The summed E-state index contributed by atoms with van der Waals surface area (Å²) in [4.78, 5) is 17.4. The Kier molecular flexibility index (Phi) is 25.1. The number of hydrogen-bond acceptors (Lipinski definition) is 6. The number of aryl methyl sites for hydroxylation is 1. The molecule has 578 valence electrons. The van der Waals surface area contributed by atoms with Crippen molar-refractivity contribution in [3.8, 4) is 23.0 Å². The molecule has 0 atom stereocenters. The van der Waals surface area contributed by atoms with E-state index in [1.54, 1.807) is 50.6 Å². The number of halogens is 21. The van der Waals surface area contributed by atoms with E-state index < -0.39 is 144 Å². The Morgan fingerprint density at radius 2 is 0.522 bits per heavy atom. The third-order valence-corrected chi connectivity index (χ3v) is 20.7. The lowest BCUT2D eigenvalue weighted by Crippen LogP contribution is -3.61. The lowest BCUT2D eigenvalue weighted by atomic mass is 9.12. The largest absolute Gasteiger partial charge is 0.497 e. The van der Waals surface area contributed by atoms with Gasteiger partial charge >= 0.3 is 21.2 Å². The highest BCUT2D eigenvalue weighted by Gasteiger charge is 2.52. The van der Waals surface area contributed by atoms with Crippen molar-refractivity contribution in [2.24, 2.45) is 0 Å². The Hall–Kier alpha value is -12.1. The number of nitrogens with zero attached hydrogens (tertiary/aromatic N) is 2. The molecule has 0 unspecified atom stereocenters. The van der Waals surface area contributed by atoms with Gasteiger partial charge in [0.2, 0.25) is 0 Å². The molecular weight excluding hydrogens is 1630 g/mol. The lowest BCUT2D eigenvalue weighted by Gasteiger charge is -2.44. The number of benzene rings is 13. The summed E-state index contributed by atoms with van der Waals surface area (Å²) in [7, 11) is 3.28. The maximum absolute atomic E-state index is 15.4. The Morgan fingerprint density at radius 1 is 0.292 bits per heavy atom. The first-order valence-corrected chi connectivity index (χ1v) is 35.7. The molecule has 0 spiro atoms. The SMILES string of the molecule is COc1ccc(C(=O)c2ccc(Oc3ccc(N(c4ccccc4)c4ccc(N(c5ccccc5)c5ccc(OC)cc5)cc4)cc3)cc2)cc1.Cc1ccc([I+]c2ccc(C(C)C)cc2)cc1.Fc1c(F)c(F)c([B-](c2c(F)c(F)c(F)c(F)c2F)(c2c(F)c(F)c(F)c(F)c2F)c2c(F)c(F)c(F)c(F)c2F)c(F)c1F. The zero-order valence-corrected chi connectivity index (χ0v) is 61.2. The van der Waals surface area contributed by atoms with Crippen molar-refractivity contribution >= 4 is 67.9 Å². The van der Waals surface area contributed by atoms with E-state index in [0.29, 0.717) is 34.3 Å². The molecule has 0 bridgehead atoms. The fourth-order valence-electron chi connectivity index (χ4n) is 12.4. The number of carbonyl (C=O) groups is 1. The first-order valence-electron chi connectivity index (χ1n) is 33.5. The summed E-state index contributed by atoms with van der Waals surface area (Å²) in [5.74, 6) is -68.0. The number of ketones is 1. The van der Waals surface area contributed by atoms with E-state index in [0.717, 1.165) is 39.9 Å². The number of hydrogen-bond donors (Lipinski definition) is 0. The molecule has 113 heavy (non-hydrogen) atoms. The standard InChI is InChI=1S/C45H36N2O4.C24BF20.C16H18I/c1-49-41-25-13-33(14-26-41)45(48)34-15-27-43(28-16-34)51-44-31-23-40(24-32-44)47(36-11-7-4-8-12-36)38-19-17-37(18-20-38)46(35-9-5-3-6-10-35)39-21-29-42(50-2)30-22-39;26-5-1(6(27)14(35)21(42)13(5)34)25(2-7(28)15(36)22(43)16(37)8(2)29,3-9(30)17(38)23(44)18(39)10(3)31)4-11(32)19(40)24(45)20(41)12(4)33;1-12(2)14-6-10-16(11-7-14)17-15-8-4-13(3)5-9-15/h3-32H,1-2H3;;4-12H,1-3H3/q;-1;+1. The summed E-state index contributed by atoms with van der Waals surface area (Å²) in [6.45, 7) is 6.62. The molecule has 0 fully saturated rings. The molecule has 0 aliphatic carbocycles. The second-order valence-electron chi connectivity index (χ2n) is 25.1. The highest BCUT2D eigenvalue weighted by molar-refractivity contribution is 7.20. The van der Waals surface area contributed by atoms with Crippen molar-refractivity contribution in [1.29, 1.82) is 0 Å². The van der Waals surface area contributed by atoms with Crippen LogP contribution in [-0.2, 0) is 0 Å². The predicted molar refractivity (Wildman–Crippen MR) is 384 cm³/mol. The molecule has 28 heteroatoms. The van der Waals surface area contributed by atoms with Crippen molar-refractivity contribution < 1.29 is 128 Å². The Balaban J connectivity index is 0.000000186.